The summed E-state index contributed by atoms with van der Waals surface area (Å²) in [5.41, 5.74) is 2.55. The Bertz CT molecular complexity index is 1250. The number of carbonyl (C=O) groups is 1. The van der Waals surface area contributed by atoms with Gasteiger partial charge < -0.3 is 14.1 Å². The predicted molar refractivity (Wildman–Crippen MR) is 126 cm³/mol. The molecule has 2 heterocycles. The monoisotopic (exact) mass is 461 g/mol. The van der Waals surface area contributed by atoms with Crippen molar-refractivity contribution in [2.75, 3.05) is 6.54 Å². The maximum atomic E-state index is 13.3. The number of nitrogens with zero attached hydrogens (tertiary/aromatic N) is 3. The lowest BCUT2D eigenvalue weighted by atomic mass is 10.1. The first-order valence-electron chi connectivity index (χ1n) is 11.0. The van der Waals surface area contributed by atoms with Crippen LogP contribution in [0, 0.1) is 5.92 Å². The zero-order chi connectivity index (χ0) is 22.8. The summed E-state index contributed by atoms with van der Waals surface area (Å²) in [4.78, 5) is 15.1. The van der Waals surface area contributed by atoms with E-state index < -0.39 is 0 Å². The van der Waals surface area contributed by atoms with Crippen LogP contribution in [0.4, 0.5) is 0 Å². The molecule has 1 saturated carbocycles. The third-order valence-electron chi connectivity index (χ3n) is 5.72. The number of rotatable bonds is 8. The molecule has 2 aromatic carbocycles. The van der Waals surface area contributed by atoms with Gasteiger partial charge in [-0.3, -0.25) is 4.79 Å². The van der Waals surface area contributed by atoms with Crippen molar-refractivity contribution >= 4 is 17.5 Å². The molecule has 0 spiro atoms. The van der Waals surface area contributed by atoms with E-state index in [1.807, 2.05) is 60.5 Å². The number of ether oxygens (including phenoxy) is 1. The van der Waals surface area contributed by atoms with Crippen LogP contribution in [-0.2, 0) is 13.6 Å². The van der Waals surface area contributed by atoms with Gasteiger partial charge in [-0.05, 0) is 43.0 Å². The van der Waals surface area contributed by atoms with Crippen LogP contribution >= 0.6 is 11.6 Å². The molecule has 1 aliphatic rings. The van der Waals surface area contributed by atoms with Gasteiger partial charge in [0.05, 0.1) is 23.4 Å². The SMILES string of the molecule is Cn1nc(-c2ccccc2)c(CN(CC2CC2)C(=O)c2ccco2)c1Oc1ccccc1Cl. The summed E-state index contributed by atoms with van der Waals surface area (Å²) >= 11 is 6.37. The molecular weight excluding hydrogens is 438 g/mol. The van der Waals surface area contributed by atoms with Crippen LogP contribution in [0.3, 0.4) is 0 Å². The van der Waals surface area contributed by atoms with E-state index in [1.54, 1.807) is 22.9 Å². The molecule has 0 aliphatic heterocycles. The van der Waals surface area contributed by atoms with E-state index in [-0.39, 0.29) is 5.91 Å². The maximum Gasteiger partial charge on any atom is 0.289 e. The number of furan rings is 1. The van der Waals surface area contributed by atoms with Crippen LogP contribution in [0.1, 0.15) is 29.0 Å². The van der Waals surface area contributed by atoms with Gasteiger partial charge in [0.1, 0.15) is 11.4 Å². The number of carbonyl (C=O) groups excluding carboxylic acids is 1. The average molecular weight is 462 g/mol. The molecule has 4 aromatic rings. The predicted octanol–water partition coefficient (Wildman–Crippen LogP) is 6.18. The molecule has 0 bridgehead atoms. The Morgan fingerprint density at radius 2 is 1.88 bits per heavy atom. The normalized spacial score (nSPS) is 13.2. The first kappa shape index (κ1) is 21.3. The molecule has 0 atom stereocenters. The second kappa shape index (κ2) is 9.16. The molecule has 0 unspecified atom stereocenters. The minimum atomic E-state index is -0.140. The fourth-order valence-electron chi connectivity index (χ4n) is 3.86. The summed E-state index contributed by atoms with van der Waals surface area (Å²) in [6, 6.07) is 20.7. The van der Waals surface area contributed by atoms with Gasteiger partial charge in [-0.1, -0.05) is 54.1 Å². The van der Waals surface area contributed by atoms with Crippen LogP contribution in [-0.4, -0.2) is 27.1 Å². The molecule has 0 N–H and O–H groups in total. The van der Waals surface area contributed by atoms with E-state index in [0.717, 1.165) is 29.7 Å². The van der Waals surface area contributed by atoms with Crippen molar-refractivity contribution in [2.45, 2.75) is 19.4 Å². The molecule has 2 aromatic heterocycles. The summed E-state index contributed by atoms with van der Waals surface area (Å²) in [5, 5.41) is 5.27. The second-order valence-electron chi connectivity index (χ2n) is 8.26. The summed E-state index contributed by atoms with van der Waals surface area (Å²) in [5.74, 6) is 1.78. The quantitative estimate of drug-likeness (QED) is 0.314. The van der Waals surface area contributed by atoms with E-state index in [0.29, 0.717) is 41.4 Å². The molecule has 0 radical (unpaired) electrons. The minimum absolute atomic E-state index is 0.140. The molecule has 6 nitrogen and oxygen atoms in total. The Kier molecular flexibility index (Phi) is 5.92. The summed E-state index contributed by atoms with van der Waals surface area (Å²) in [6.07, 6.45) is 3.78. The molecule has 1 aliphatic carbocycles. The van der Waals surface area contributed by atoms with Crippen LogP contribution < -0.4 is 4.74 Å². The Hall–Kier alpha value is -3.51. The first-order valence-corrected chi connectivity index (χ1v) is 11.3. The number of halogens is 1. The van der Waals surface area contributed by atoms with E-state index in [1.165, 1.54) is 6.26 Å². The zero-order valence-electron chi connectivity index (χ0n) is 18.3. The van der Waals surface area contributed by atoms with Gasteiger partial charge in [0.25, 0.3) is 5.91 Å². The van der Waals surface area contributed by atoms with Crippen molar-refractivity contribution in [2.24, 2.45) is 13.0 Å². The number of benzene rings is 2. The highest BCUT2D eigenvalue weighted by Gasteiger charge is 2.31. The van der Waals surface area contributed by atoms with Crippen molar-refractivity contribution in [3.63, 3.8) is 0 Å². The van der Waals surface area contributed by atoms with Crippen LogP contribution in [0.25, 0.3) is 11.3 Å². The van der Waals surface area contributed by atoms with Gasteiger partial charge in [-0.25, -0.2) is 4.68 Å². The molecule has 168 valence electrons. The van der Waals surface area contributed by atoms with Gasteiger partial charge >= 0.3 is 0 Å². The van der Waals surface area contributed by atoms with E-state index in [9.17, 15) is 4.79 Å². The fourth-order valence-corrected chi connectivity index (χ4v) is 4.03. The number of aromatic nitrogens is 2. The molecule has 7 heteroatoms. The molecule has 1 amide bonds. The van der Waals surface area contributed by atoms with Crippen molar-refractivity contribution < 1.29 is 13.9 Å². The third-order valence-corrected chi connectivity index (χ3v) is 6.03. The fraction of sp³-hybridized carbons (Fsp3) is 0.231. The first-order chi connectivity index (χ1) is 16.1. The summed E-state index contributed by atoms with van der Waals surface area (Å²) in [6.45, 7) is 1.00. The van der Waals surface area contributed by atoms with E-state index >= 15 is 0 Å². The largest absolute Gasteiger partial charge is 0.459 e. The zero-order valence-corrected chi connectivity index (χ0v) is 19.0. The molecular formula is C26H24ClN3O3. The number of para-hydroxylation sites is 1. The topological polar surface area (TPSA) is 60.5 Å². The molecule has 5 rings (SSSR count). The molecule has 33 heavy (non-hydrogen) atoms. The Labute approximate surface area is 197 Å². The molecule has 0 saturated heterocycles. The smallest absolute Gasteiger partial charge is 0.289 e. The van der Waals surface area contributed by atoms with Gasteiger partial charge in [-0.2, -0.15) is 5.10 Å². The van der Waals surface area contributed by atoms with E-state index in [2.05, 4.69) is 0 Å². The lowest BCUT2D eigenvalue weighted by Gasteiger charge is -2.22. The standard InChI is InChI=1S/C26H24ClN3O3/c1-29-26(33-22-11-6-5-10-21(22)27)20(24(28-29)19-8-3-2-4-9-19)17-30(16-18-13-14-18)25(31)23-12-7-15-32-23/h2-12,15,18H,13-14,16-17H2,1H3. The number of hydrogen-bond donors (Lipinski definition) is 0. The maximum absolute atomic E-state index is 13.3. The Morgan fingerprint density at radius 1 is 1.12 bits per heavy atom. The van der Waals surface area contributed by atoms with Gasteiger partial charge in [0, 0.05) is 19.2 Å². The number of amides is 1. The lowest BCUT2D eigenvalue weighted by molar-refractivity contribution is 0.0702. The Morgan fingerprint density at radius 3 is 2.58 bits per heavy atom. The number of aryl methyl sites for hydroxylation is 1. The third kappa shape index (κ3) is 4.66. The minimum Gasteiger partial charge on any atom is -0.459 e. The van der Waals surface area contributed by atoms with Crippen LogP contribution in [0.15, 0.2) is 77.4 Å². The second-order valence-corrected chi connectivity index (χ2v) is 8.67. The van der Waals surface area contributed by atoms with Crippen molar-refractivity contribution in [1.82, 2.24) is 14.7 Å². The average Bonchev–Trinajstić information content (AvgIpc) is 3.37. The van der Waals surface area contributed by atoms with Gasteiger partial charge in [-0.15, -0.1) is 0 Å². The van der Waals surface area contributed by atoms with E-state index in [4.69, 9.17) is 25.9 Å². The highest BCUT2D eigenvalue weighted by molar-refractivity contribution is 6.32. The Balaban J connectivity index is 1.57. The summed E-state index contributed by atoms with van der Waals surface area (Å²) < 4.78 is 13.4. The van der Waals surface area contributed by atoms with Crippen molar-refractivity contribution in [3.8, 4) is 22.9 Å². The number of hydrogen-bond acceptors (Lipinski definition) is 4. The highest BCUT2D eigenvalue weighted by Crippen LogP contribution is 2.38. The lowest BCUT2D eigenvalue weighted by Crippen LogP contribution is -2.32. The summed E-state index contributed by atoms with van der Waals surface area (Å²) in [7, 11) is 1.84. The van der Waals surface area contributed by atoms with Crippen LogP contribution in [0.2, 0.25) is 5.02 Å². The van der Waals surface area contributed by atoms with Crippen LogP contribution in [0.5, 0.6) is 11.6 Å². The van der Waals surface area contributed by atoms with Crippen molar-refractivity contribution in [3.05, 3.63) is 89.3 Å². The van der Waals surface area contributed by atoms with Crippen molar-refractivity contribution in [1.29, 1.82) is 0 Å². The molecule has 1 fully saturated rings. The van der Waals surface area contributed by atoms with Gasteiger partial charge in [0.2, 0.25) is 5.88 Å². The van der Waals surface area contributed by atoms with Gasteiger partial charge in [0.15, 0.2) is 5.76 Å². The highest BCUT2D eigenvalue weighted by atomic mass is 35.5.